The Kier molecular flexibility index (Phi) is 7.01. The Bertz CT molecular complexity index is 192. The first-order chi connectivity index (χ1) is 6.99. The lowest BCUT2D eigenvalue weighted by Gasteiger charge is -2.10. The highest BCUT2D eigenvalue weighted by Gasteiger charge is 2.12. The zero-order valence-corrected chi connectivity index (χ0v) is 10.3. The smallest absolute Gasteiger partial charge is 0.226 e. The summed E-state index contributed by atoms with van der Waals surface area (Å²) in [6, 6.07) is 0. The van der Waals surface area contributed by atoms with Gasteiger partial charge in [0, 0.05) is 12.8 Å². The minimum Gasteiger partial charge on any atom is -0.296 e. The molecule has 0 aromatic rings. The Morgan fingerprint density at radius 3 is 1.53 bits per heavy atom. The highest BCUT2D eigenvalue weighted by atomic mass is 16.2. The van der Waals surface area contributed by atoms with Crippen molar-refractivity contribution in [1.29, 1.82) is 0 Å². The predicted octanol–water partition coefficient (Wildman–Crippen LogP) is 2.50. The molecule has 0 saturated carbocycles. The zero-order valence-electron chi connectivity index (χ0n) is 10.3. The van der Waals surface area contributed by atoms with E-state index >= 15 is 0 Å². The van der Waals surface area contributed by atoms with E-state index in [9.17, 15) is 9.59 Å². The molecule has 88 valence electrons. The van der Waals surface area contributed by atoms with Crippen molar-refractivity contribution in [2.24, 2.45) is 11.8 Å². The SMILES string of the molecule is CCC(C)CC(=O)NC(=O)CC(C)CC. The van der Waals surface area contributed by atoms with Gasteiger partial charge in [0.1, 0.15) is 0 Å². The molecule has 0 aromatic heterocycles. The third-order valence-electron chi connectivity index (χ3n) is 2.74. The average molecular weight is 213 g/mol. The quantitative estimate of drug-likeness (QED) is 0.737. The third-order valence-corrected chi connectivity index (χ3v) is 2.74. The minimum absolute atomic E-state index is 0.141. The molecule has 0 fully saturated rings. The first-order valence-corrected chi connectivity index (χ1v) is 5.82. The van der Waals surface area contributed by atoms with E-state index < -0.39 is 0 Å². The van der Waals surface area contributed by atoms with Crippen molar-refractivity contribution < 1.29 is 9.59 Å². The molecule has 0 aromatic carbocycles. The van der Waals surface area contributed by atoms with Gasteiger partial charge in [-0.25, -0.2) is 0 Å². The maximum Gasteiger partial charge on any atom is 0.226 e. The molecule has 0 bridgehead atoms. The monoisotopic (exact) mass is 213 g/mol. The molecule has 0 spiro atoms. The van der Waals surface area contributed by atoms with E-state index in [1.807, 2.05) is 27.7 Å². The maximum absolute atomic E-state index is 11.4. The number of hydrogen-bond donors (Lipinski definition) is 1. The highest BCUT2D eigenvalue weighted by molar-refractivity contribution is 5.95. The summed E-state index contributed by atoms with van der Waals surface area (Å²) in [4.78, 5) is 22.7. The summed E-state index contributed by atoms with van der Waals surface area (Å²) in [5.41, 5.74) is 0. The van der Waals surface area contributed by atoms with Gasteiger partial charge in [-0.15, -0.1) is 0 Å². The summed E-state index contributed by atoms with van der Waals surface area (Å²) in [6.45, 7) is 8.11. The molecule has 0 aliphatic carbocycles. The second-order valence-electron chi connectivity index (χ2n) is 4.41. The lowest BCUT2D eigenvalue weighted by Crippen LogP contribution is -2.32. The largest absolute Gasteiger partial charge is 0.296 e. The molecular formula is C12H23NO2. The highest BCUT2D eigenvalue weighted by Crippen LogP contribution is 2.07. The van der Waals surface area contributed by atoms with Crippen LogP contribution in [0.5, 0.6) is 0 Å². The van der Waals surface area contributed by atoms with Gasteiger partial charge in [-0.3, -0.25) is 14.9 Å². The molecule has 0 aliphatic heterocycles. The Hall–Kier alpha value is -0.860. The molecule has 3 heteroatoms. The van der Waals surface area contributed by atoms with E-state index in [1.165, 1.54) is 0 Å². The Balaban J connectivity index is 3.81. The molecule has 15 heavy (non-hydrogen) atoms. The molecule has 0 radical (unpaired) electrons. The molecular weight excluding hydrogens is 190 g/mol. The summed E-state index contributed by atoms with van der Waals surface area (Å²) in [5, 5.41) is 2.43. The van der Waals surface area contributed by atoms with Crippen LogP contribution in [0.25, 0.3) is 0 Å². The van der Waals surface area contributed by atoms with Gasteiger partial charge in [-0.05, 0) is 11.8 Å². The van der Waals surface area contributed by atoms with Crippen molar-refractivity contribution in [3.05, 3.63) is 0 Å². The minimum atomic E-state index is -0.141. The van der Waals surface area contributed by atoms with Crippen molar-refractivity contribution >= 4 is 11.8 Å². The van der Waals surface area contributed by atoms with Crippen LogP contribution in [0.2, 0.25) is 0 Å². The van der Waals surface area contributed by atoms with E-state index in [2.05, 4.69) is 5.32 Å². The molecule has 2 amide bonds. The van der Waals surface area contributed by atoms with Crippen LogP contribution in [-0.2, 0) is 9.59 Å². The zero-order chi connectivity index (χ0) is 11.8. The number of carbonyl (C=O) groups excluding carboxylic acids is 2. The van der Waals surface area contributed by atoms with Crippen LogP contribution >= 0.6 is 0 Å². The first kappa shape index (κ1) is 14.1. The molecule has 0 rings (SSSR count). The molecule has 2 atom stereocenters. The van der Waals surface area contributed by atoms with E-state index in [0.717, 1.165) is 12.8 Å². The van der Waals surface area contributed by atoms with E-state index in [1.54, 1.807) is 0 Å². The summed E-state index contributed by atoms with van der Waals surface area (Å²) >= 11 is 0. The summed E-state index contributed by atoms with van der Waals surface area (Å²) in [5.74, 6) is 0.415. The summed E-state index contributed by atoms with van der Waals surface area (Å²) < 4.78 is 0. The van der Waals surface area contributed by atoms with Gasteiger partial charge in [0.05, 0.1) is 0 Å². The van der Waals surface area contributed by atoms with Crippen LogP contribution in [0.3, 0.4) is 0 Å². The molecule has 0 saturated heterocycles. The fraction of sp³-hybridized carbons (Fsp3) is 0.833. The van der Waals surface area contributed by atoms with Crippen molar-refractivity contribution in [2.45, 2.75) is 53.4 Å². The van der Waals surface area contributed by atoms with Gasteiger partial charge in [0.2, 0.25) is 11.8 Å². The number of amides is 2. The van der Waals surface area contributed by atoms with Crippen molar-refractivity contribution in [2.75, 3.05) is 0 Å². The van der Waals surface area contributed by atoms with Gasteiger partial charge in [0.15, 0.2) is 0 Å². The van der Waals surface area contributed by atoms with Crippen LogP contribution in [-0.4, -0.2) is 11.8 Å². The van der Waals surface area contributed by atoms with E-state index in [4.69, 9.17) is 0 Å². The fourth-order valence-corrected chi connectivity index (χ4v) is 1.18. The van der Waals surface area contributed by atoms with Gasteiger partial charge in [-0.1, -0.05) is 40.5 Å². The lowest BCUT2D eigenvalue weighted by atomic mass is 10.0. The van der Waals surface area contributed by atoms with Gasteiger partial charge in [-0.2, -0.15) is 0 Å². The van der Waals surface area contributed by atoms with Crippen molar-refractivity contribution in [3.63, 3.8) is 0 Å². The summed E-state index contributed by atoms with van der Waals surface area (Å²) in [6.07, 6.45) is 2.82. The number of nitrogens with one attached hydrogen (secondary N) is 1. The second-order valence-corrected chi connectivity index (χ2v) is 4.41. The van der Waals surface area contributed by atoms with E-state index in [-0.39, 0.29) is 11.8 Å². The van der Waals surface area contributed by atoms with Crippen LogP contribution in [0.4, 0.5) is 0 Å². The number of hydrogen-bond acceptors (Lipinski definition) is 2. The van der Waals surface area contributed by atoms with Gasteiger partial charge >= 0.3 is 0 Å². The summed E-state index contributed by atoms with van der Waals surface area (Å²) in [7, 11) is 0. The van der Waals surface area contributed by atoms with Crippen LogP contribution in [0.15, 0.2) is 0 Å². The molecule has 1 N–H and O–H groups in total. The third kappa shape index (κ3) is 7.11. The topological polar surface area (TPSA) is 46.2 Å². The van der Waals surface area contributed by atoms with Crippen molar-refractivity contribution in [1.82, 2.24) is 5.32 Å². The number of rotatable bonds is 6. The fourth-order valence-electron chi connectivity index (χ4n) is 1.18. The van der Waals surface area contributed by atoms with Crippen LogP contribution in [0, 0.1) is 11.8 Å². The Morgan fingerprint density at radius 1 is 0.933 bits per heavy atom. The predicted molar refractivity (Wildman–Crippen MR) is 61.3 cm³/mol. The lowest BCUT2D eigenvalue weighted by molar-refractivity contribution is -0.131. The average Bonchev–Trinajstić information content (AvgIpc) is 2.16. The van der Waals surface area contributed by atoms with Gasteiger partial charge < -0.3 is 0 Å². The molecule has 0 heterocycles. The maximum atomic E-state index is 11.4. The second kappa shape index (κ2) is 7.43. The number of imide groups is 1. The van der Waals surface area contributed by atoms with Crippen LogP contribution in [0.1, 0.15) is 53.4 Å². The molecule has 3 nitrogen and oxygen atoms in total. The Morgan fingerprint density at radius 2 is 1.27 bits per heavy atom. The standard InChI is InChI=1S/C12H23NO2/c1-5-9(3)7-11(14)13-12(15)8-10(4)6-2/h9-10H,5-8H2,1-4H3,(H,13,14,15). The Labute approximate surface area is 92.6 Å². The van der Waals surface area contributed by atoms with Crippen molar-refractivity contribution in [3.8, 4) is 0 Å². The first-order valence-electron chi connectivity index (χ1n) is 5.82. The molecule has 2 unspecified atom stereocenters. The molecule has 0 aliphatic rings. The van der Waals surface area contributed by atoms with Crippen LogP contribution < -0.4 is 5.32 Å². The normalized spacial score (nSPS) is 14.4. The van der Waals surface area contributed by atoms with Gasteiger partial charge in [0.25, 0.3) is 0 Å². The number of carbonyl (C=O) groups is 2. The van der Waals surface area contributed by atoms with E-state index in [0.29, 0.717) is 24.7 Å².